The molecule has 0 aromatic heterocycles. The molecule has 1 saturated carbocycles. The highest BCUT2D eigenvalue weighted by Gasteiger charge is 2.42. The summed E-state index contributed by atoms with van der Waals surface area (Å²) in [5.41, 5.74) is 3.43. The van der Waals surface area contributed by atoms with E-state index in [9.17, 15) is 14.4 Å². The number of aryl methyl sites for hydroxylation is 2. The third-order valence-corrected chi connectivity index (χ3v) is 5.04. The molecule has 0 unspecified atom stereocenters. The maximum Gasteiger partial charge on any atom is 0.250 e. The highest BCUT2D eigenvalue weighted by Crippen LogP contribution is 2.35. The van der Waals surface area contributed by atoms with Crippen LogP contribution >= 0.6 is 0 Å². The third-order valence-electron chi connectivity index (χ3n) is 5.04. The molecule has 26 heavy (non-hydrogen) atoms. The molecule has 136 valence electrons. The van der Waals surface area contributed by atoms with Crippen LogP contribution in [0, 0.1) is 31.6 Å². The van der Waals surface area contributed by atoms with Crippen molar-refractivity contribution in [2.75, 3.05) is 13.2 Å². The summed E-state index contributed by atoms with van der Waals surface area (Å²) >= 11 is 0. The molecular formula is C21H23NO4. The Balaban J connectivity index is 1.85. The van der Waals surface area contributed by atoms with Gasteiger partial charge in [-0.15, -0.1) is 5.92 Å². The Morgan fingerprint density at radius 1 is 1.15 bits per heavy atom. The normalized spacial score (nSPS) is 23.0. The molecule has 2 fully saturated rings. The van der Waals surface area contributed by atoms with E-state index in [1.54, 1.807) is 6.92 Å². The summed E-state index contributed by atoms with van der Waals surface area (Å²) in [5.74, 6) is 3.89. The van der Waals surface area contributed by atoms with Gasteiger partial charge in [0.15, 0.2) is 0 Å². The van der Waals surface area contributed by atoms with E-state index < -0.39 is 11.8 Å². The Kier molecular flexibility index (Phi) is 5.24. The van der Waals surface area contributed by atoms with Gasteiger partial charge in [0, 0.05) is 18.4 Å². The number of ketones is 2. The zero-order chi connectivity index (χ0) is 18.8. The minimum atomic E-state index is -0.776. The molecule has 5 heteroatoms. The van der Waals surface area contributed by atoms with Gasteiger partial charge >= 0.3 is 0 Å². The van der Waals surface area contributed by atoms with E-state index in [0.717, 1.165) is 28.7 Å². The van der Waals surface area contributed by atoms with Crippen molar-refractivity contribution in [1.29, 1.82) is 0 Å². The number of carbonyl (C=O) groups is 3. The molecule has 2 aliphatic rings. The topological polar surface area (TPSA) is 63.7 Å². The van der Waals surface area contributed by atoms with E-state index in [2.05, 4.69) is 11.8 Å². The average Bonchev–Trinajstić information content (AvgIpc) is 3.10. The zero-order valence-corrected chi connectivity index (χ0v) is 15.4. The van der Waals surface area contributed by atoms with Crippen molar-refractivity contribution in [2.24, 2.45) is 5.92 Å². The second-order valence-corrected chi connectivity index (χ2v) is 7.00. The summed E-state index contributed by atoms with van der Waals surface area (Å²) < 4.78 is 0. The fraction of sp³-hybridized carbons (Fsp3) is 0.476. The van der Waals surface area contributed by atoms with Crippen LogP contribution in [0.1, 0.15) is 54.4 Å². The molecule has 1 aromatic rings. The van der Waals surface area contributed by atoms with Crippen LogP contribution in [0.15, 0.2) is 12.1 Å². The SMILES string of the molecule is CC#Cc1cc(C)c(C2C(=O)CC(C(=O)N3CCCO3)CC2=O)c(C)c1. The summed E-state index contributed by atoms with van der Waals surface area (Å²) in [6.07, 6.45) is 0.962. The first-order valence-corrected chi connectivity index (χ1v) is 8.96. The van der Waals surface area contributed by atoms with Crippen molar-refractivity contribution in [3.8, 4) is 11.8 Å². The van der Waals surface area contributed by atoms with Crippen molar-refractivity contribution in [1.82, 2.24) is 5.06 Å². The predicted molar refractivity (Wildman–Crippen MR) is 96.2 cm³/mol. The van der Waals surface area contributed by atoms with Crippen molar-refractivity contribution in [2.45, 2.75) is 46.0 Å². The minimum Gasteiger partial charge on any atom is -0.298 e. The molecule has 3 rings (SSSR count). The Morgan fingerprint density at radius 3 is 2.27 bits per heavy atom. The number of nitrogens with zero attached hydrogens (tertiary/aromatic N) is 1. The quantitative estimate of drug-likeness (QED) is 0.605. The van der Waals surface area contributed by atoms with Gasteiger partial charge in [-0.1, -0.05) is 5.92 Å². The number of rotatable bonds is 2. The summed E-state index contributed by atoms with van der Waals surface area (Å²) in [6.45, 7) is 6.61. The van der Waals surface area contributed by atoms with Gasteiger partial charge in [0.25, 0.3) is 0 Å². The van der Waals surface area contributed by atoms with Gasteiger partial charge in [-0.25, -0.2) is 5.06 Å². The molecule has 1 aromatic carbocycles. The van der Waals surface area contributed by atoms with E-state index in [4.69, 9.17) is 4.84 Å². The molecule has 1 amide bonds. The van der Waals surface area contributed by atoms with Crippen LogP contribution in [0.25, 0.3) is 0 Å². The summed E-state index contributed by atoms with van der Waals surface area (Å²) in [5, 5.41) is 1.31. The highest BCUT2D eigenvalue weighted by molar-refractivity contribution is 6.12. The second kappa shape index (κ2) is 7.43. The molecule has 0 N–H and O–H groups in total. The number of carbonyl (C=O) groups excluding carboxylic acids is 3. The zero-order valence-electron chi connectivity index (χ0n) is 15.4. The molecule has 1 saturated heterocycles. The van der Waals surface area contributed by atoms with Crippen LogP contribution in [0.2, 0.25) is 0 Å². The molecule has 1 aliphatic heterocycles. The van der Waals surface area contributed by atoms with Gasteiger partial charge in [0.1, 0.15) is 17.5 Å². The summed E-state index contributed by atoms with van der Waals surface area (Å²) in [7, 11) is 0. The van der Waals surface area contributed by atoms with Crippen LogP contribution in [0.5, 0.6) is 0 Å². The minimum absolute atomic E-state index is 0.0878. The third kappa shape index (κ3) is 3.42. The fourth-order valence-corrected chi connectivity index (χ4v) is 3.94. The standard InChI is InChI=1S/C21H23NO4/c1-4-6-15-9-13(2)19(14(3)10-15)20-17(23)11-16(12-18(20)24)21(25)22-7-5-8-26-22/h9-10,16,20H,5,7-8,11-12H2,1-3H3. The molecule has 5 nitrogen and oxygen atoms in total. The molecule has 1 aliphatic carbocycles. The van der Waals surface area contributed by atoms with Gasteiger partial charge in [-0.3, -0.25) is 19.2 Å². The van der Waals surface area contributed by atoms with Crippen LogP contribution in [0.3, 0.4) is 0 Å². The first kappa shape index (κ1) is 18.3. The van der Waals surface area contributed by atoms with Crippen LogP contribution in [-0.4, -0.2) is 35.7 Å². The van der Waals surface area contributed by atoms with Crippen LogP contribution in [0.4, 0.5) is 0 Å². The number of Topliss-reactive ketones (excluding diaryl/α,β-unsaturated/α-hetero) is 2. The first-order chi connectivity index (χ1) is 12.4. The predicted octanol–water partition coefficient (Wildman–Crippen LogP) is 2.47. The number of hydrogen-bond acceptors (Lipinski definition) is 4. The van der Waals surface area contributed by atoms with Crippen molar-refractivity contribution < 1.29 is 19.2 Å². The van der Waals surface area contributed by atoms with E-state index >= 15 is 0 Å². The second-order valence-electron chi connectivity index (χ2n) is 7.00. The van der Waals surface area contributed by atoms with Gasteiger partial charge in [0.2, 0.25) is 5.91 Å². The smallest absolute Gasteiger partial charge is 0.250 e. The molecular weight excluding hydrogens is 330 g/mol. The Morgan fingerprint density at radius 2 is 1.77 bits per heavy atom. The van der Waals surface area contributed by atoms with E-state index in [-0.39, 0.29) is 30.3 Å². The van der Waals surface area contributed by atoms with Crippen molar-refractivity contribution in [3.05, 3.63) is 34.4 Å². The lowest BCUT2D eigenvalue weighted by Crippen LogP contribution is -2.41. The average molecular weight is 353 g/mol. The van der Waals surface area contributed by atoms with Crippen molar-refractivity contribution >= 4 is 17.5 Å². The number of amides is 1. The maximum absolute atomic E-state index is 12.8. The lowest BCUT2D eigenvalue weighted by molar-refractivity contribution is -0.175. The van der Waals surface area contributed by atoms with E-state index in [1.807, 2.05) is 26.0 Å². The Labute approximate surface area is 153 Å². The van der Waals surface area contributed by atoms with Gasteiger partial charge < -0.3 is 0 Å². The maximum atomic E-state index is 12.8. The van der Waals surface area contributed by atoms with E-state index in [0.29, 0.717) is 13.2 Å². The van der Waals surface area contributed by atoms with Crippen LogP contribution < -0.4 is 0 Å². The van der Waals surface area contributed by atoms with Crippen LogP contribution in [-0.2, 0) is 19.2 Å². The number of hydrogen-bond donors (Lipinski definition) is 0. The number of hydroxylamine groups is 2. The molecule has 0 bridgehead atoms. The van der Waals surface area contributed by atoms with Gasteiger partial charge in [-0.05, 0) is 56.0 Å². The van der Waals surface area contributed by atoms with Gasteiger partial charge in [0.05, 0.1) is 19.1 Å². The summed E-state index contributed by atoms with van der Waals surface area (Å²) in [4.78, 5) is 43.3. The Bertz CT molecular complexity index is 783. The van der Waals surface area contributed by atoms with Gasteiger partial charge in [-0.2, -0.15) is 0 Å². The monoisotopic (exact) mass is 353 g/mol. The molecule has 0 radical (unpaired) electrons. The number of benzene rings is 1. The fourth-order valence-electron chi connectivity index (χ4n) is 3.94. The lowest BCUT2D eigenvalue weighted by atomic mass is 9.74. The molecule has 1 heterocycles. The van der Waals surface area contributed by atoms with Crippen molar-refractivity contribution in [3.63, 3.8) is 0 Å². The Hall–Kier alpha value is -2.45. The first-order valence-electron chi connectivity index (χ1n) is 8.96. The highest BCUT2D eigenvalue weighted by atomic mass is 16.7. The summed E-state index contributed by atoms with van der Waals surface area (Å²) in [6, 6.07) is 3.82. The molecule has 0 atom stereocenters. The lowest BCUT2D eigenvalue weighted by Gasteiger charge is -2.29. The van der Waals surface area contributed by atoms with E-state index in [1.165, 1.54) is 5.06 Å². The largest absolute Gasteiger partial charge is 0.298 e. The molecule has 0 spiro atoms.